The third-order valence-electron chi connectivity index (χ3n) is 6.31. The van der Waals surface area contributed by atoms with E-state index in [1.807, 2.05) is 79.7 Å². The summed E-state index contributed by atoms with van der Waals surface area (Å²) in [6, 6.07) is 20.9. The largest absolute Gasteiger partial charge is 0.495 e. The lowest BCUT2D eigenvalue weighted by molar-refractivity contribution is 0.0602. The van der Waals surface area contributed by atoms with E-state index in [1.165, 1.54) is 4.90 Å². The number of hydrogen-bond acceptors (Lipinski definition) is 5. The highest BCUT2D eigenvalue weighted by atomic mass is 32.1. The summed E-state index contributed by atoms with van der Waals surface area (Å²) < 4.78 is 5.41. The Balaban J connectivity index is 1.62. The van der Waals surface area contributed by atoms with Crippen molar-refractivity contribution in [2.75, 3.05) is 44.9 Å². The van der Waals surface area contributed by atoms with Crippen molar-refractivity contribution in [2.45, 2.75) is 0 Å². The Morgan fingerprint density at radius 2 is 1.56 bits per heavy atom. The molecule has 2 amide bonds. The summed E-state index contributed by atoms with van der Waals surface area (Å²) in [5.41, 5.74) is 2.46. The van der Waals surface area contributed by atoms with E-state index in [1.54, 1.807) is 13.2 Å². The van der Waals surface area contributed by atoms with Crippen molar-refractivity contribution in [2.24, 2.45) is 0 Å². The first-order valence-corrected chi connectivity index (χ1v) is 12.0. The molecule has 0 fully saturated rings. The van der Waals surface area contributed by atoms with Crippen LogP contribution in [0.5, 0.6) is 5.75 Å². The zero-order valence-corrected chi connectivity index (χ0v) is 21.1. The van der Waals surface area contributed by atoms with Gasteiger partial charge in [-0.15, -0.1) is 0 Å². The van der Waals surface area contributed by atoms with Gasteiger partial charge >= 0.3 is 0 Å². The maximum absolute atomic E-state index is 13.8. The predicted molar refractivity (Wildman–Crippen MR) is 148 cm³/mol. The minimum absolute atomic E-state index is 0.266. The fourth-order valence-corrected chi connectivity index (χ4v) is 4.85. The highest BCUT2D eigenvalue weighted by Crippen LogP contribution is 2.39. The van der Waals surface area contributed by atoms with E-state index in [2.05, 4.69) is 10.6 Å². The number of anilines is 2. The standard InChI is InChI=1S/C28H26N4O3S/c1-31(2)14-15-32-26(33)19-10-6-8-17-16-18-9-7-12-21(24(18)25(23(17)19)27(32)34)30-28(36)29-20-11-4-5-13-22(20)35-3/h4-13,16H,14-15H2,1-3H3,(H2,29,30,36). The smallest absolute Gasteiger partial charge is 0.262 e. The lowest BCUT2D eigenvalue weighted by Crippen LogP contribution is -2.43. The third kappa shape index (κ3) is 4.14. The predicted octanol–water partition coefficient (Wildman–Crippen LogP) is 4.97. The van der Waals surface area contributed by atoms with Crippen molar-refractivity contribution in [3.05, 3.63) is 77.9 Å². The zero-order valence-electron chi connectivity index (χ0n) is 20.3. The SMILES string of the molecule is COc1ccccc1NC(=S)Nc1cccc2cc3cccc4c3c(c12)C(=O)N(CCN(C)C)C4=O. The molecule has 0 bridgehead atoms. The number of benzene rings is 4. The Bertz CT molecular complexity index is 1530. The van der Waals surface area contributed by atoms with Crippen molar-refractivity contribution in [1.82, 2.24) is 9.80 Å². The molecule has 0 atom stereocenters. The molecule has 8 heteroatoms. The van der Waals surface area contributed by atoms with Gasteiger partial charge in [0.15, 0.2) is 5.11 Å². The number of amides is 2. The second-order valence-electron chi connectivity index (χ2n) is 8.90. The molecule has 4 aromatic carbocycles. The molecule has 5 rings (SSSR count). The summed E-state index contributed by atoms with van der Waals surface area (Å²) >= 11 is 5.61. The molecule has 0 radical (unpaired) electrons. The molecule has 0 spiro atoms. The quantitative estimate of drug-likeness (QED) is 0.221. The van der Waals surface area contributed by atoms with Gasteiger partial charge in [0, 0.05) is 35.1 Å². The second-order valence-corrected chi connectivity index (χ2v) is 9.31. The van der Waals surface area contributed by atoms with Crippen LogP contribution >= 0.6 is 12.2 Å². The fourth-order valence-electron chi connectivity index (χ4n) is 4.63. The summed E-state index contributed by atoms with van der Waals surface area (Å²) in [5, 5.41) is 9.95. The van der Waals surface area contributed by atoms with Gasteiger partial charge in [-0.05, 0) is 67.4 Å². The van der Waals surface area contributed by atoms with Gasteiger partial charge in [0.2, 0.25) is 0 Å². The topological polar surface area (TPSA) is 73.9 Å². The molecular weight excluding hydrogens is 472 g/mol. The first-order chi connectivity index (χ1) is 17.4. The van der Waals surface area contributed by atoms with Crippen molar-refractivity contribution in [3.63, 3.8) is 0 Å². The molecule has 0 aromatic heterocycles. The van der Waals surface area contributed by atoms with Crippen LogP contribution in [0, 0.1) is 0 Å². The van der Waals surface area contributed by atoms with Crippen molar-refractivity contribution < 1.29 is 14.3 Å². The maximum Gasteiger partial charge on any atom is 0.262 e. The molecular formula is C28H26N4O3S. The molecule has 1 aliphatic heterocycles. The number of fused-ring (bicyclic) bond motifs is 2. The van der Waals surface area contributed by atoms with Gasteiger partial charge in [-0.2, -0.15) is 0 Å². The van der Waals surface area contributed by atoms with Gasteiger partial charge < -0.3 is 20.3 Å². The molecule has 182 valence electrons. The number of para-hydroxylation sites is 2. The normalized spacial score (nSPS) is 12.9. The van der Waals surface area contributed by atoms with Crippen molar-refractivity contribution in [1.29, 1.82) is 0 Å². The van der Waals surface area contributed by atoms with E-state index in [0.29, 0.717) is 46.2 Å². The summed E-state index contributed by atoms with van der Waals surface area (Å²) in [5.74, 6) is 0.0997. The van der Waals surface area contributed by atoms with Crippen molar-refractivity contribution >= 4 is 62.1 Å². The van der Waals surface area contributed by atoms with E-state index >= 15 is 0 Å². The summed E-state index contributed by atoms with van der Waals surface area (Å²) in [6.45, 7) is 0.881. The van der Waals surface area contributed by atoms with Crippen LogP contribution in [0.2, 0.25) is 0 Å². The van der Waals surface area contributed by atoms with E-state index in [0.717, 1.165) is 21.8 Å². The maximum atomic E-state index is 13.8. The third-order valence-corrected chi connectivity index (χ3v) is 6.52. The Morgan fingerprint density at radius 1 is 0.889 bits per heavy atom. The minimum atomic E-state index is -0.297. The lowest BCUT2D eigenvalue weighted by Gasteiger charge is -2.29. The first-order valence-electron chi connectivity index (χ1n) is 11.6. The van der Waals surface area contributed by atoms with Crippen LogP contribution < -0.4 is 15.4 Å². The monoisotopic (exact) mass is 498 g/mol. The molecule has 1 aliphatic rings. The zero-order chi connectivity index (χ0) is 25.4. The van der Waals surface area contributed by atoms with Crippen LogP contribution in [-0.2, 0) is 0 Å². The number of carbonyl (C=O) groups excluding carboxylic acids is 2. The molecule has 0 saturated heterocycles. The van der Waals surface area contributed by atoms with Gasteiger partial charge in [-0.1, -0.05) is 36.4 Å². The lowest BCUT2D eigenvalue weighted by atomic mass is 9.89. The van der Waals surface area contributed by atoms with E-state index in [-0.39, 0.29) is 11.8 Å². The van der Waals surface area contributed by atoms with Gasteiger partial charge in [0.05, 0.1) is 18.4 Å². The highest BCUT2D eigenvalue weighted by Gasteiger charge is 2.34. The Kier molecular flexibility index (Phi) is 6.30. The molecule has 1 heterocycles. The average molecular weight is 499 g/mol. The number of likely N-dealkylation sites (N-methyl/N-ethyl adjacent to an activating group) is 1. The second kappa shape index (κ2) is 9.56. The Morgan fingerprint density at radius 3 is 2.31 bits per heavy atom. The first kappa shape index (κ1) is 23.7. The van der Waals surface area contributed by atoms with E-state index in [9.17, 15) is 9.59 Å². The number of hydrogen-bond donors (Lipinski definition) is 2. The molecule has 36 heavy (non-hydrogen) atoms. The van der Waals surface area contributed by atoms with Crippen LogP contribution in [0.25, 0.3) is 21.5 Å². The number of imide groups is 1. The molecule has 2 N–H and O–H groups in total. The summed E-state index contributed by atoms with van der Waals surface area (Å²) in [6.07, 6.45) is 0. The van der Waals surface area contributed by atoms with Crippen LogP contribution in [0.3, 0.4) is 0 Å². The highest BCUT2D eigenvalue weighted by molar-refractivity contribution is 7.80. The van der Waals surface area contributed by atoms with E-state index in [4.69, 9.17) is 17.0 Å². The number of rotatable bonds is 6. The van der Waals surface area contributed by atoms with Gasteiger partial charge in [-0.25, -0.2) is 0 Å². The number of methoxy groups -OCH3 is 1. The van der Waals surface area contributed by atoms with Crippen LogP contribution in [-0.4, -0.2) is 61.0 Å². The fraction of sp³-hybridized carbons (Fsp3) is 0.179. The summed E-state index contributed by atoms with van der Waals surface area (Å²) in [4.78, 5) is 30.5. The molecule has 7 nitrogen and oxygen atoms in total. The Hall–Kier alpha value is -4.01. The average Bonchev–Trinajstić information content (AvgIpc) is 2.86. The summed E-state index contributed by atoms with van der Waals surface area (Å²) in [7, 11) is 5.44. The molecule has 0 unspecified atom stereocenters. The van der Waals surface area contributed by atoms with Gasteiger partial charge in [0.25, 0.3) is 11.8 Å². The molecule has 0 saturated carbocycles. The number of ether oxygens (including phenoxy) is 1. The van der Waals surface area contributed by atoms with E-state index < -0.39 is 0 Å². The minimum Gasteiger partial charge on any atom is -0.495 e. The molecule has 0 aliphatic carbocycles. The Labute approximate surface area is 214 Å². The molecule has 4 aromatic rings. The van der Waals surface area contributed by atoms with Crippen LogP contribution in [0.4, 0.5) is 11.4 Å². The van der Waals surface area contributed by atoms with Crippen molar-refractivity contribution in [3.8, 4) is 5.75 Å². The number of nitrogens with zero attached hydrogens (tertiary/aromatic N) is 2. The van der Waals surface area contributed by atoms with Crippen LogP contribution in [0.1, 0.15) is 20.7 Å². The number of carbonyl (C=O) groups is 2. The van der Waals surface area contributed by atoms with Gasteiger partial charge in [0.1, 0.15) is 5.75 Å². The number of thiocarbonyl (C=S) groups is 1. The number of nitrogens with one attached hydrogen (secondary N) is 2. The van der Waals surface area contributed by atoms with Crippen LogP contribution in [0.15, 0.2) is 66.7 Å². The van der Waals surface area contributed by atoms with Gasteiger partial charge in [-0.3, -0.25) is 14.5 Å².